The van der Waals surface area contributed by atoms with E-state index in [4.69, 9.17) is 5.11 Å². The molecule has 104 valence electrons. The van der Waals surface area contributed by atoms with Crippen molar-refractivity contribution in [3.05, 3.63) is 0 Å². The molecule has 2 atom stereocenters. The Hall–Kier alpha value is -1.30. The van der Waals surface area contributed by atoms with Crippen molar-refractivity contribution in [2.45, 2.75) is 39.3 Å². The molecule has 6 heteroatoms. The Morgan fingerprint density at radius 1 is 1.22 bits per heavy atom. The number of nitrogens with one attached hydrogen (secondary N) is 1. The van der Waals surface area contributed by atoms with Gasteiger partial charge < -0.3 is 15.3 Å². The molecule has 0 saturated carbocycles. The molecule has 0 aromatic rings. The minimum Gasteiger partial charge on any atom is -0.480 e. The summed E-state index contributed by atoms with van der Waals surface area (Å²) in [5.74, 6) is -0.812. The van der Waals surface area contributed by atoms with Gasteiger partial charge in [0.25, 0.3) is 0 Å². The monoisotopic (exact) mass is 257 g/mol. The van der Waals surface area contributed by atoms with Gasteiger partial charge in [-0.1, -0.05) is 6.92 Å². The fourth-order valence-corrected chi connectivity index (χ4v) is 1.87. The number of rotatable bonds is 4. The number of carboxylic acid groups (broad SMARTS) is 1. The van der Waals surface area contributed by atoms with Gasteiger partial charge in [0.15, 0.2) is 0 Å². The second-order valence-corrected chi connectivity index (χ2v) is 4.80. The van der Waals surface area contributed by atoms with Crippen molar-refractivity contribution in [2.75, 3.05) is 26.2 Å². The van der Waals surface area contributed by atoms with Gasteiger partial charge in [-0.2, -0.15) is 0 Å². The van der Waals surface area contributed by atoms with Crippen LogP contribution in [0.25, 0.3) is 0 Å². The van der Waals surface area contributed by atoms with Gasteiger partial charge in [0.2, 0.25) is 0 Å². The molecule has 1 aliphatic heterocycles. The molecule has 1 rings (SSSR count). The highest BCUT2D eigenvalue weighted by atomic mass is 16.4. The van der Waals surface area contributed by atoms with E-state index >= 15 is 0 Å². The average molecular weight is 257 g/mol. The number of hydrogen-bond donors (Lipinski definition) is 2. The SMILES string of the molecule is CCC(C)NC(=O)N1CCN(C(C)C(=O)O)CC1. The third-order valence-corrected chi connectivity index (χ3v) is 3.49. The van der Waals surface area contributed by atoms with Crippen LogP contribution in [0, 0.1) is 0 Å². The van der Waals surface area contributed by atoms with Crippen LogP contribution in [-0.4, -0.2) is 65.2 Å². The number of nitrogens with zero attached hydrogens (tertiary/aromatic N) is 2. The summed E-state index contributed by atoms with van der Waals surface area (Å²) < 4.78 is 0. The summed E-state index contributed by atoms with van der Waals surface area (Å²) >= 11 is 0. The minimum atomic E-state index is -0.812. The topological polar surface area (TPSA) is 72.9 Å². The molecule has 0 aromatic heterocycles. The standard InChI is InChI=1S/C12H23N3O3/c1-4-9(2)13-12(18)15-7-5-14(6-8-15)10(3)11(16)17/h9-10H,4-8H2,1-3H3,(H,13,18)(H,16,17). The van der Waals surface area contributed by atoms with Crippen molar-refractivity contribution in [3.63, 3.8) is 0 Å². The lowest BCUT2D eigenvalue weighted by molar-refractivity contribution is -0.143. The molecule has 0 spiro atoms. The molecule has 1 heterocycles. The molecule has 6 nitrogen and oxygen atoms in total. The summed E-state index contributed by atoms with van der Waals surface area (Å²) in [5.41, 5.74) is 0. The van der Waals surface area contributed by atoms with Crippen molar-refractivity contribution >= 4 is 12.0 Å². The van der Waals surface area contributed by atoms with Gasteiger partial charge in [-0.15, -0.1) is 0 Å². The van der Waals surface area contributed by atoms with Crippen LogP contribution in [0.15, 0.2) is 0 Å². The van der Waals surface area contributed by atoms with Gasteiger partial charge >= 0.3 is 12.0 Å². The van der Waals surface area contributed by atoms with Crippen molar-refractivity contribution in [2.24, 2.45) is 0 Å². The number of urea groups is 1. The Kier molecular flexibility index (Phi) is 5.40. The van der Waals surface area contributed by atoms with Crippen LogP contribution < -0.4 is 5.32 Å². The predicted octanol–water partition coefficient (Wildman–Crippen LogP) is 0.585. The summed E-state index contributed by atoms with van der Waals surface area (Å²) in [6.07, 6.45) is 0.905. The zero-order valence-electron chi connectivity index (χ0n) is 11.3. The fourth-order valence-electron chi connectivity index (χ4n) is 1.87. The van der Waals surface area contributed by atoms with E-state index in [2.05, 4.69) is 5.32 Å². The Morgan fingerprint density at radius 2 is 1.78 bits per heavy atom. The normalized spacial score (nSPS) is 20.3. The molecule has 1 fully saturated rings. The number of piperazine rings is 1. The van der Waals surface area contributed by atoms with E-state index in [1.807, 2.05) is 18.7 Å². The van der Waals surface area contributed by atoms with Crippen molar-refractivity contribution < 1.29 is 14.7 Å². The van der Waals surface area contributed by atoms with Crippen LogP contribution in [0.2, 0.25) is 0 Å². The van der Waals surface area contributed by atoms with E-state index < -0.39 is 12.0 Å². The smallest absolute Gasteiger partial charge is 0.320 e. The quantitative estimate of drug-likeness (QED) is 0.773. The van der Waals surface area contributed by atoms with Crippen LogP contribution in [0.4, 0.5) is 4.79 Å². The molecule has 2 amide bonds. The van der Waals surface area contributed by atoms with E-state index in [-0.39, 0.29) is 12.1 Å². The maximum Gasteiger partial charge on any atom is 0.320 e. The largest absolute Gasteiger partial charge is 0.480 e. The highest BCUT2D eigenvalue weighted by Crippen LogP contribution is 2.07. The van der Waals surface area contributed by atoms with Gasteiger partial charge in [0, 0.05) is 32.2 Å². The number of carbonyl (C=O) groups is 2. The zero-order chi connectivity index (χ0) is 13.7. The number of amides is 2. The molecule has 18 heavy (non-hydrogen) atoms. The Morgan fingerprint density at radius 3 is 2.22 bits per heavy atom. The maximum atomic E-state index is 11.9. The lowest BCUT2D eigenvalue weighted by Crippen LogP contribution is -2.55. The molecular formula is C12H23N3O3. The summed E-state index contributed by atoms with van der Waals surface area (Å²) in [6.45, 7) is 8.07. The first-order valence-corrected chi connectivity index (χ1v) is 6.48. The van der Waals surface area contributed by atoms with Gasteiger partial charge in [-0.05, 0) is 20.3 Å². The summed E-state index contributed by atoms with van der Waals surface area (Å²) in [4.78, 5) is 26.4. The van der Waals surface area contributed by atoms with Crippen molar-refractivity contribution in [3.8, 4) is 0 Å². The zero-order valence-corrected chi connectivity index (χ0v) is 11.3. The molecule has 1 aliphatic rings. The Bertz CT molecular complexity index is 301. The first-order chi connectivity index (χ1) is 8.45. The van der Waals surface area contributed by atoms with Crippen LogP contribution in [0.3, 0.4) is 0 Å². The third kappa shape index (κ3) is 3.87. The van der Waals surface area contributed by atoms with E-state index in [0.29, 0.717) is 26.2 Å². The lowest BCUT2D eigenvalue weighted by Gasteiger charge is -2.36. The van der Waals surface area contributed by atoms with Crippen LogP contribution >= 0.6 is 0 Å². The molecule has 0 bridgehead atoms. The van der Waals surface area contributed by atoms with Crippen LogP contribution in [0.1, 0.15) is 27.2 Å². The summed E-state index contributed by atoms with van der Waals surface area (Å²) in [7, 11) is 0. The van der Waals surface area contributed by atoms with Crippen LogP contribution in [-0.2, 0) is 4.79 Å². The average Bonchev–Trinajstić information content (AvgIpc) is 2.37. The molecule has 2 N–H and O–H groups in total. The predicted molar refractivity (Wildman–Crippen MR) is 68.5 cm³/mol. The van der Waals surface area contributed by atoms with Crippen LogP contribution in [0.5, 0.6) is 0 Å². The van der Waals surface area contributed by atoms with Gasteiger partial charge in [-0.25, -0.2) is 4.79 Å². The Balaban J connectivity index is 2.39. The molecule has 0 aromatic carbocycles. The molecule has 0 radical (unpaired) electrons. The second kappa shape index (κ2) is 6.58. The summed E-state index contributed by atoms with van der Waals surface area (Å²) in [6, 6.07) is -0.356. The van der Waals surface area contributed by atoms with Crippen molar-refractivity contribution in [1.82, 2.24) is 15.1 Å². The second-order valence-electron chi connectivity index (χ2n) is 4.80. The number of aliphatic carboxylic acids is 1. The number of carbonyl (C=O) groups excluding carboxylic acids is 1. The van der Waals surface area contributed by atoms with E-state index in [9.17, 15) is 9.59 Å². The van der Waals surface area contributed by atoms with E-state index in [1.54, 1.807) is 11.8 Å². The fraction of sp³-hybridized carbons (Fsp3) is 0.833. The van der Waals surface area contributed by atoms with Gasteiger partial charge in [0.1, 0.15) is 6.04 Å². The highest BCUT2D eigenvalue weighted by molar-refractivity contribution is 5.75. The highest BCUT2D eigenvalue weighted by Gasteiger charge is 2.27. The van der Waals surface area contributed by atoms with Gasteiger partial charge in [-0.3, -0.25) is 9.69 Å². The Labute approximate surface area is 108 Å². The van der Waals surface area contributed by atoms with E-state index in [0.717, 1.165) is 6.42 Å². The molecule has 0 aliphatic carbocycles. The third-order valence-electron chi connectivity index (χ3n) is 3.49. The molecular weight excluding hydrogens is 234 g/mol. The lowest BCUT2D eigenvalue weighted by atomic mass is 10.2. The molecule has 2 unspecified atom stereocenters. The number of hydrogen-bond acceptors (Lipinski definition) is 3. The summed E-state index contributed by atoms with van der Waals surface area (Å²) in [5, 5.41) is 11.8. The molecule has 1 saturated heterocycles. The number of carboxylic acids is 1. The van der Waals surface area contributed by atoms with Crippen molar-refractivity contribution in [1.29, 1.82) is 0 Å². The first kappa shape index (κ1) is 14.8. The maximum absolute atomic E-state index is 11.9. The van der Waals surface area contributed by atoms with Gasteiger partial charge in [0.05, 0.1) is 0 Å². The first-order valence-electron chi connectivity index (χ1n) is 6.48. The van der Waals surface area contributed by atoms with E-state index in [1.165, 1.54) is 0 Å². The minimum absolute atomic E-state index is 0.0491.